The summed E-state index contributed by atoms with van der Waals surface area (Å²) < 4.78 is 9.99. The van der Waals surface area contributed by atoms with Crippen LogP contribution in [-0.4, -0.2) is 29.6 Å². The fraction of sp³-hybridized carbons (Fsp3) is 0.143. The molecule has 0 aliphatic carbocycles. The van der Waals surface area contributed by atoms with Crippen molar-refractivity contribution in [1.29, 1.82) is 0 Å². The van der Waals surface area contributed by atoms with Gasteiger partial charge in [-0.25, -0.2) is 4.68 Å². The molecule has 4 heterocycles. The van der Waals surface area contributed by atoms with E-state index >= 15 is 0 Å². The van der Waals surface area contributed by atoms with E-state index < -0.39 is 0 Å². The molecule has 6 rings (SSSR count). The monoisotopic (exact) mass is 507 g/mol. The van der Waals surface area contributed by atoms with Gasteiger partial charge in [-0.05, 0) is 80.7 Å². The number of rotatable bonds is 6. The quantitative estimate of drug-likeness (QED) is 0.310. The lowest BCUT2D eigenvalue weighted by atomic mass is 9.96. The van der Waals surface area contributed by atoms with Crippen LogP contribution >= 0.6 is 12.2 Å². The van der Waals surface area contributed by atoms with E-state index in [0.717, 1.165) is 39.8 Å². The molecule has 9 heteroatoms. The van der Waals surface area contributed by atoms with Crippen LogP contribution in [0.1, 0.15) is 34.7 Å². The first-order chi connectivity index (χ1) is 18.1. The van der Waals surface area contributed by atoms with Crippen LogP contribution in [0.2, 0.25) is 0 Å². The number of nitrogens with zero attached hydrogens (tertiary/aromatic N) is 6. The molecule has 0 unspecified atom stereocenters. The maximum absolute atomic E-state index is 6.01. The lowest BCUT2D eigenvalue weighted by Gasteiger charge is -2.28. The van der Waals surface area contributed by atoms with E-state index in [0.29, 0.717) is 5.11 Å². The molecule has 2 atom stereocenters. The molecular formula is C28H25N7OS. The van der Waals surface area contributed by atoms with Crippen molar-refractivity contribution >= 4 is 23.0 Å². The van der Waals surface area contributed by atoms with E-state index in [9.17, 15) is 0 Å². The number of hydrogen-bond donors (Lipinski definition) is 1. The minimum absolute atomic E-state index is 0.125. The van der Waals surface area contributed by atoms with Gasteiger partial charge in [0, 0.05) is 28.8 Å². The Hall–Kier alpha value is -4.50. The summed E-state index contributed by atoms with van der Waals surface area (Å²) in [6.07, 6.45) is 5.21. The summed E-state index contributed by atoms with van der Waals surface area (Å²) in [6.45, 7) is 4.18. The number of anilines is 1. The van der Waals surface area contributed by atoms with Gasteiger partial charge >= 0.3 is 0 Å². The standard InChI is InChI=1S/C28H25N7OS/c1-19-16-24(20(2)35(19)33-17-30-31-18-33)27-26(25-10-6-7-15-29-25)32-28(37)34(27)21-11-13-23(14-12-21)36-22-8-4-3-5-9-22/h3-18,26-27H,1-2H3,(H,32,37)/t26-,27+/m1/s1. The third-order valence-electron chi connectivity index (χ3n) is 6.58. The summed E-state index contributed by atoms with van der Waals surface area (Å²) in [6, 6.07) is 25.7. The Morgan fingerprint density at radius 3 is 2.27 bits per heavy atom. The predicted molar refractivity (Wildman–Crippen MR) is 146 cm³/mol. The summed E-state index contributed by atoms with van der Waals surface area (Å²) in [5.41, 5.74) is 5.17. The molecule has 1 fully saturated rings. The molecule has 0 saturated carbocycles. The lowest BCUT2D eigenvalue weighted by molar-refractivity contribution is 0.482. The molecule has 0 radical (unpaired) electrons. The third kappa shape index (κ3) is 4.23. The topological polar surface area (TPSA) is 73.0 Å². The van der Waals surface area contributed by atoms with E-state index in [2.05, 4.69) is 50.0 Å². The van der Waals surface area contributed by atoms with Crippen molar-refractivity contribution < 1.29 is 4.74 Å². The number of thiocarbonyl (C=S) groups is 1. The second-order valence-electron chi connectivity index (χ2n) is 8.89. The van der Waals surface area contributed by atoms with Gasteiger partial charge < -0.3 is 15.0 Å². The lowest BCUT2D eigenvalue weighted by Crippen LogP contribution is -2.29. The van der Waals surface area contributed by atoms with Gasteiger partial charge in [0.25, 0.3) is 0 Å². The molecule has 1 aliphatic heterocycles. The Morgan fingerprint density at radius 1 is 0.865 bits per heavy atom. The van der Waals surface area contributed by atoms with Gasteiger partial charge in [0.1, 0.15) is 24.2 Å². The minimum Gasteiger partial charge on any atom is -0.457 e. The molecule has 37 heavy (non-hydrogen) atoms. The maximum Gasteiger partial charge on any atom is 0.174 e. The number of aromatic nitrogens is 5. The summed E-state index contributed by atoms with van der Waals surface area (Å²) in [7, 11) is 0. The number of ether oxygens (including phenoxy) is 1. The Balaban J connectivity index is 1.41. The zero-order valence-electron chi connectivity index (χ0n) is 20.4. The highest BCUT2D eigenvalue weighted by Crippen LogP contribution is 2.43. The second kappa shape index (κ2) is 9.51. The average Bonchev–Trinajstić information content (AvgIpc) is 3.63. The number of benzene rings is 2. The summed E-state index contributed by atoms with van der Waals surface area (Å²) >= 11 is 5.90. The van der Waals surface area contributed by atoms with Crippen molar-refractivity contribution in [3.05, 3.63) is 120 Å². The molecule has 0 spiro atoms. The number of pyridine rings is 1. The van der Waals surface area contributed by atoms with Crippen LogP contribution in [0.25, 0.3) is 0 Å². The van der Waals surface area contributed by atoms with E-state index in [1.807, 2.05) is 83.7 Å². The Labute approximate surface area is 220 Å². The van der Waals surface area contributed by atoms with Crippen LogP contribution in [0, 0.1) is 13.8 Å². The van der Waals surface area contributed by atoms with Gasteiger partial charge in [0.2, 0.25) is 0 Å². The van der Waals surface area contributed by atoms with Gasteiger partial charge in [-0.3, -0.25) is 9.66 Å². The number of hydrogen-bond acceptors (Lipinski definition) is 5. The third-order valence-corrected chi connectivity index (χ3v) is 6.90. The largest absolute Gasteiger partial charge is 0.457 e. The highest BCUT2D eigenvalue weighted by molar-refractivity contribution is 7.80. The first kappa shape index (κ1) is 22.9. The molecular weight excluding hydrogens is 482 g/mol. The molecule has 3 aromatic heterocycles. The van der Waals surface area contributed by atoms with Crippen LogP contribution in [0.3, 0.4) is 0 Å². The number of nitrogens with one attached hydrogen (secondary N) is 1. The van der Waals surface area contributed by atoms with Gasteiger partial charge in [-0.2, -0.15) is 0 Å². The van der Waals surface area contributed by atoms with Crippen LogP contribution in [0.5, 0.6) is 11.5 Å². The molecule has 2 aromatic carbocycles. The summed E-state index contributed by atoms with van der Waals surface area (Å²) in [5.74, 6) is 1.56. The van der Waals surface area contributed by atoms with Gasteiger partial charge in [0.05, 0.1) is 17.8 Å². The normalized spacial score (nSPS) is 17.1. The van der Waals surface area contributed by atoms with Gasteiger partial charge in [-0.1, -0.05) is 24.3 Å². The Morgan fingerprint density at radius 2 is 1.57 bits per heavy atom. The molecule has 5 aromatic rings. The molecule has 1 N–H and O–H groups in total. The Bertz CT molecular complexity index is 1520. The first-order valence-electron chi connectivity index (χ1n) is 12.0. The van der Waals surface area contributed by atoms with Crippen molar-refractivity contribution in [3.8, 4) is 11.5 Å². The van der Waals surface area contributed by atoms with Gasteiger partial charge in [0.15, 0.2) is 5.11 Å². The van der Waals surface area contributed by atoms with Crippen molar-refractivity contribution in [3.63, 3.8) is 0 Å². The van der Waals surface area contributed by atoms with E-state index in [1.165, 1.54) is 0 Å². The average molecular weight is 508 g/mol. The van der Waals surface area contributed by atoms with Crippen LogP contribution in [-0.2, 0) is 0 Å². The smallest absolute Gasteiger partial charge is 0.174 e. The minimum atomic E-state index is -0.135. The molecule has 1 aliphatic rings. The second-order valence-corrected chi connectivity index (χ2v) is 9.27. The number of para-hydroxylation sites is 1. The van der Waals surface area contributed by atoms with E-state index in [1.54, 1.807) is 12.7 Å². The molecule has 184 valence electrons. The van der Waals surface area contributed by atoms with E-state index in [4.69, 9.17) is 17.0 Å². The highest BCUT2D eigenvalue weighted by Gasteiger charge is 2.42. The highest BCUT2D eigenvalue weighted by atomic mass is 32.1. The van der Waals surface area contributed by atoms with Crippen molar-refractivity contribution in [1.82, 2.24) is 29.9 Å². The van der Waals surface area contributed by atoms with Crippen molar-refractivity contribution in [2.24, 2.45) is 0 Å². The zero-order valence-corrected chi connectivity index (χ0v) is 21.2. The molecule has 0 bridgehead atoms. The van der Waals surface area contributed by atoms with Crippen molar-refractivity contribution in [2.75, 3.05) is 4.90 Å². The molecule has 8 nitrogen and oxygen atoms in total. The van der Waals surface area contributed by atoms with Crippen LogP contribution in [0.4, 0.5) is 5.69 Å². The molecule has 1 saturated heterocycles. The van der Waals surface area contributed by atoms with Crippen LogP contribution < -0.4 is 15.0 Å². The van der Waals surface area contributed by atoms with Crippen molar-refractivity contribution in [2.45, 2.75) is 25.9 Å². The summed E-state index contributed by atoms with van der Waals surface area (Å²) in [5, 5.41) is 12.2. The SMILES string of the molecule is Cc1cc([C@H]2[C@@H](c3ccccn3)NC(=S)N2c2ccc(Oc3ccccc3)cc2)c(C)n1-n1cnnc1. The first-order valence-corrected chi connectivity index (χ1v) is 12.4. The Kier molecular flexibility index (Phi) is 5.90. The van der Waals surface area contributed by atoms with Gasteiger partial charge in [-0.15, -0.1) is 10.2 Å². The fourth-order valence-electron chi connectivity index (χ4n) is 4.98. The zero-order chi connectivity index (χ0) is 25.4. The molecule has 0 amide bonds. The fourth-order valence-corrected chi connectivity index (χ4v) is 5.33. The van der Waals surface area contributed by atoms with E-state index in [-0.39, 0.29) is 12.1 Å². The maximum atomic E-state index is 6.01. The number of aryl methyl sites for hydroxylation is 1. The summed E-state index contributed by atoms with van der Waals surface area (Å²) in [4.78, 5) is 6.83. The van der Waals surface area contributed by atoms with Crippen LogP contribution in [0.15, 0.2) is 97.7 Å². The predicted octanol–water partition coefficient (Wildman–Crippen LogP) is 5.37.